The summed E-state index contributed by atoms with van der Waals surface area (Å²) in [5.74, 6) is 0. The van der Waals surface area contributed by atoms with Crippen molar-refractivity contribution in [2.75, 3.05) is 74.0 Å². The van der Waals surface area contributed by atoms with Crippen LogP contribution in [-0.4, -0.2) is 69.8 Å². The predicted octanol–water partition coefficient (Wildman–Crippen LogP) is 4.17. The minimum Gasteiger partial charge on any atom is -1.00 e. The smallest absolute Gasteiger partial charge is 1.00 e. The number of azo groups is 2. The molecule has 8 aromatic carbocycles. The fourth-order valence-electron chi connectivity index (χ4n) is 8.93. The zero-order valence-corrected chi connectivity index (χ0v) is 49.4. The first-order valence-corrected chi connectivity index (χ1v) is 24.7. The molecule has 0 atom stereocenters. The van der Waals surface area contributed by atoms with Crippen molar-refractivity contribution in [2.45, 2.75) is 27.7 Å². The van der Waals surface area contributed by atoms with E-state index in [1.165, 1.54) is 11.4 Å². The minimum atomic E-state index is 0. The second kappa shape index (κ2) is 28.1. The quantitative estimate of drug-likeness (QED) is 0.0697. The average molecular weight is 1080 g/mol. The van der Waals surface area contributed by atoms with Gasteiger partial charge in [-0.3, -0.25) is 0 Å². The van der Waals surface area contributed by atoms with E-state index in [2.05, 4.69) is 174 Å². The average Bonchev–Trinajstić information content (AvgIpc) is 3.42. The fourth-order valence-corrected chi connectivity index (χ4v) is 8.93. The van der Waals surface area contributed by atoms with Crippen molar-refractivity contribution in [1.29, 1.82) is 0 Å². The van der Waals surface area contributed by atoms with Gasteiger partial charge in [-0.2, -0.15) is 20.5 Å². The molecular weight excluding hydrogens is 1010 g/mol. The van der Waals surface area contributed by atoms with Crippen molar-refractivity contribution >= 4 is 89.6 Å². The molecule has 0 saturated heterocycles. The van der Waals surface area contributed by atoms with Gasteiger partial charge < -0.3 is 49.9 Å². The van der Waals surface area contributed by atoms with E-state index in [-0.39, 0.29) is 81.7 Å². The van der Waals surface area contributed by atoms with E-state index < -0.39 is 0 Å². The zero-order chi connectivity index (χ0) is 50.1. The molecule has 0 bridgehead atoms. The third-order valence-electron chi connectivity index (χ3n) is 12.9. The summed E-state index contributed by atoms with van der Waals surface area (Å²) in [6.07, 6.45) is 0. The molecule has 0 saturated carbocycles. The van der Waals surface area contributed by atoms with Crippen molar-refractivity contribution in [2.24, 2.45) is 20.5 Å². The number of halogens is 2. The summed E-state index contributed by atoms with van der Waals surface area (Å²) < 4.78 is 4.55. The van der Waals surface area contributed by atoms with Crippen molar-refractivity contribution in [1.82, 2.24) is 9.97 Å². The van der Waals surface area contributed by atoms with Crippen LogP contribution in [0.4, 0.5) is 45.5 Å². The molecular formula is C60H64Cl2KN12O+. The number of fused-ring (bicyclic) bond motifs is 4. The van der Waals surface area contributed by atoms with Crippen LogP contribution in [0.3, 0.4) is 0 Å². The molecule has 13 nitrogen and oxygen atoms in total. The standard InChI is InChI=1S/2C30H31N6.2ClH.K.H2O/c2*1-5-35(6-2)26-17-19-28-30(21-26)36(25-10-8-7-9-11-25)29-20-23(14-18-27(29)31-28)33-32-22-12-15-24(16-13-22)34(3)4;;;;/h2*7-21H,5-6H2,1-4H3;2*1H;;1H2/q2*+1;;;+1;/p-2. The van der Waals surface area contributed by atoms with Gasteiger partial charge in [-0.25, -0.2) is 9.97 Å². The van der Waals surface area contributed by atoms with Crippen LogP contribution in [-0.2, 0) is 0 Å². The molecule has 0 aliphatic heterocycles. The Labute approximate surface area is 501 Å². The number of rotatable bonds is 14. The first-order chi connectivity index (χ1) is 35.1. The Morgan fingerprint density at radius 3 is 0.947 bits per heavy atom. The second-order valence-corrected chi connectivity index (χ2v) is 17.8. The molecule has 2 N–H and O–H groups in total. The Balaban J connectivity index is 0.000000267. The van der Waals surface area contributed by atoms with E-state index in [1.807, 2.05) is 113 Å². The SMILES string of the molecule is CCN(CC)c1ccc2nc3ccc(N=Nc4ccc(N(C)C)cc4)cc3[n+](-c3ccccc3)c2c1.CCN(CC)c1ccc2nc3ccc(N=Nc4ccc(N(C)C)cc4)cc3[n+](-c3ccccc3)c2c1.O.[Cl-].[Cl-].[K+]. The molecule has 0 amide bonds. The summed E-state index contributed by atoms with van der Waals surface area (Å²) in [6.45, 7) is 12.5. The molecule has 384 valence electrons. The molecule has 10 aromatic rings. The van der Waals surface area contributed by atoms with Gasteiger partial charge >= 0.3 is 51.4 Å². The van der Waals surface area contributed by atoms with E-state index >= 15 is 0 Å². The maximum Gasteiger partial charge on any atom is 1.00 e. The van der Waals surface area contributed by atoms with Crippen LogP contribution in [0.2, 0.25) is 0 Å². The number of hydrogen-bond donors (Lipinski definition) is 0. The van der Waals surface area contributed by atoms with Gasteiger partial charge in [0.2, 0.25) is 33.4 Å². The normalized spacial score (nSPS) is 10.8. The Kier molecular flexibility index (Phi) is 22.3. The Morgan fingerprint density at radius 1 is 0.355 bits per heavy atom. The molecule has 16 heteroatoms. The number of nitrogens with zero attached hydrogens (tertiary/aromatic N) is 12. The second-order valence-electron chi connectivity index (χ2n) is 17.8. The predicted molar refractivity (Wildman–Crippen MR) is 302 cm³/mol. The molecule has 0 unspecified atom stereocenters. The van der Waals surface area contributed by atoms with Gasteiger partial charge in [-0.05, 0) is 125 Å². The van der Waals surface area contributed by atoms with Crippen molar-refractivity contribution in [3.8, 4) is 11.4 Å². The van der Waals surface area contributed by atoms with Gasteiger partial charge in [0.15, 0.2) is 0 Å². The van der Waals surface area contributed by atoms with E-state index in [0.29, 0.717) is 0 Å². The van der Waals surface area contributed by atoms with Gasteiger partial charge in [0, 0.05) is 126 Å². The summed E-state index contributed by atoms with van der Waals surface area (Å²) >= 11 is 0. The number of hydrogen-bond acceptors (Lipinski definition) is 10. The maximum absolute atomic E-state index is 4.99. The summed E-state index contributed by atoms with van der Waals surface area (Å²) in [5, 5.41) is 18.1. The van der Waals surface area contributed by atoms with Crippen LogP contribution in [0, 0.1) is 0 Å². The van der Waals surface area contributed by atoms with Gasteiger partial charge in [0.05, 0.1) is 22.7 Å². The molecule has 10 rings (SSSR count). The molecule has 0 aliphatic rings. The third kappa shape index (κ3) is 13.7. The van der Waals surface area contributed by atoms with Crippen LogP contribution in [0.5, 0.6) is 0 Å². The summed E-state index contributed by atoms with van der Waals surface area (Å²) in [4.78, 5) is 18.8. The first kappa shape index (κ1) is 60.4. The van der Waals surface area contributed by atoms with Gasteiger partial charge in [-0.1, -0.05) is 36.4 Å². The largest absolute Gasteiger partial charge is 1.00 e. The van der Waals surface area contributed by atoms with Crippen molar-refractivity contribution in [3.63, 3.8) is 0 Å². The fraction of sp³-hybridized carbons (Fsp3) is 0.200. The molecule has 76 heavy (non-hydrogen) atoms. The van der Waals surface area contributed by atoms with Crippen molar-refractivity contribution < 1.29 is 90.8 Å². The molecule has 0 spiro atoms. The Hall–Kier alpha value is -6.46. The molecule has 2 aromatic heterocycles. The molecule has 2 heterocycles. The van der Waals surface area contributed by atoms with Crippen molar-refractivity contribution in [3.05, 3.63) is 182 Å². The Bertz CT molecular complexity index is 3310. The van der Waals surface area contributed by atoms with Gasteiger partial charge in [0.25, 0.3) is 0 Å². The van der Waals surface area contributed by atoms with Gasteiger partial charge in [-0.15, -0.1) is 9.13 Å². The number of aromatic nitrogens is 4. The maximum atomic E-state index is 4.99. The van der Waals surface area contributed by atoms with Crippen LogP contribution >= 0.6 is 0 Å². The summed E-state index contributed by atoms with van der Waals surface area (Å²) in [7, 11) is 8.10. The third-order valence-corrected chi connectivity index (χ3v) is 12.9. The number of anilines is 4. The molecule has 0 aliphatic carbocycles. The van der Waals surface area contributed by atoms with E-state index in [9.17, 15) is 0 Å². The minimum absolute atomic E-state index is 0. The van der Waals surface area contributed by atoms with E-state index in [4.69, 9.17) is 9.97 Å². The zero-order valence-electron chi connectivity index (χ0n) is 44.8. The topological polar surface area (TPSA) is 127 Å². The number of para-hydroxylation sites is 2. The first-order valence-electron chi connectivity index (χ1n) is 24.7. The van der Waals surface area contributed by atoms with E-state index in [0.717, 1.165) is 116 Å². The summed E-state index contributed by atoms with van der Waals surface area (Å²) in [6, 6.07) is 62.1. The summed E-state index contributed by atoms with van der Waals surface area (Å²) in [5.41, 5.74) is 17.8. The van der Waals surface area contributed by atoms with E-state index in [1.54, 1.807) is 0 Å². The monoisotopic (exact) mass is 1080 g/mol. The van der Waals surface area contributed by atoms with Crippen LogP contribution in [0.25, 0.3) is 55.5 Å². The Morgan fingerprint density at radius 2 is 0.632 bits per heavy atom. The molecule has 0 fully saturated rings. The molecule has 0 radical (unpaired) electrons. The number of benzene rings is 8. The van der Waals surface area contributed by atoms with Crippen LogP contribution in [0.1, 0.15) is 27.7 Å². The van der Waals surface area contributed by atoms with Crippen LogP contribution < -0.4 is 105 Å². The van der Waals surface area contributed by atoms with Gasteiger partial charge in [0.1, 0.15) is 22.1 Å². The van der Waals surface area contributed by atoms with Crippen LogP contribution in [0.15, 0.2) is 202 Å².